The third-order valence-corrected chi connectivity index (χ3v) is 9.19. The van der Waals surface area contributed by atoms with Gasteiger partial charge in [0.2, 0.25) is 11.8 Å². The predicted molar refractivity (Wildman–Crippen MR) is 155 cm³/mol. The maximum atomic E-state index is 13.9. The molecule has 2 aromatic carbocycles. The molecule has 196 valence electrons. The minimum atomic E-state index is -0.680. The molecule has 3 aliphatic carbocycles. The molecule has 0 spiro atoms. The van der Waals surface area contributed by atoms with E-state index in [0.29, 0.717) is 46.4 Å². The summed E-state index contributed by atoms with van der Waals surface area (Å²) in [5.74, 6) is -3.25. The SMILES string of the molecule is C=CCc1cccc([C@H]2C3=CC[C@@H]4C(=O)N(c5ccc(I)cc5)C(=O)[C@@H]4[C@@H]3CC3=C2C(=O)C=C(C)C3=O)c1O. The largest absolute Gasteiger partial charge is 0.507 e. The number of ketones is 2. The molecule has 1 heterocycles. The first-order chi connectivity index (χ1) is 18.7. The fraction of sp³-hybridized carbons (Fsp3) is 0.250. The van der Waals surface area contributed by atoms with E-state index in [4.69, 9.17) is 0 Å². The van der Waals surface area contributed by atoms with Crippen molar-refractivity contribution in [3.63, 3.8) is 0 Å². The van der Waals surface area contributed by atoms with Crippen molar-refractivity contribution in [1.29, 1.82) is 0 Å². The van der Waals surface area contributed by atoms with Crippen molar-refractivity contribution in [1.82, 2.24) is 0 Å². The number of Topliss-reactive ketones (excluding diaryl/α,β-unsaturated/α-hetero) is 1. The number of halogens is 1. The van der Waals surface area contributed by atoms with Gasteiger partial charge in [0.25, 0.3) is 0 Å². The summed E-state index contributed by atoms with van der Waals surface area (Å²) in [5.41, 5.74) is 3.65. The number of para-hydroxylation sites is 1. The lowest BCUT2D eigenvalue weighted by atomic mass is 9.59. The van der Waals surface area contributed by atoms with Crippen molar-refractivity contribution in [2.45, 2.75) is 32.1 Å². The van der Waals surface area contributed by atoms with E-state index in [0.717, 1.165) is 9.14 Å². The zero-order valence-electron chi connectivity index (χ0n) is 21.3. The summed E-state index contributed by atoms with van der Waals surface area (Å²) < 4.78 is 0.994. The second-order valence-corrected chi connectivity index (χ2v) is 11.8. The summed E-state index contributed by atoms with van der Waals surface area (Å²) in [6, 6.07) is 12.7. The molecule has 1 fully saturated rings. The third-order valence-electron chi connectivity index (χ3n) is 8.47. The second-order valence-electron chi connectivity index (χ2n) is 10.6. The lowest BCUT2D eigenvalue weighted by Gasteiger charge is -2.42. The van der Waals surface area contributed by atoms with Gasteiger partial charge in [-0.1, -0.05) is 35.9 Å². The smallest absolute Gasteiger partial charge is 0.238 e. The van der Waals surface area contributed by atoms with Gasteiger partial charge in [0, 0.05) is 31.8 Å². The molecule has 6 rings (SSSR count). The molecule has 1 N–H and O–H groups in total. The summed E-state index contributed by atoms with van der Waals surface area (Å²) in [7, 11) is 0. The number of imide groups is 1. The van der Waals surface area contributed by atoms with Crippen LogP contribution in [0.1, 0.15) is 36.8 Å². The Morgan fingerprint density at radius 1 is 1.05 bits per heavy atom. The minimum Gasteiger partial charge on any atom is -0.507 e. The fourth-order valence-electron chi connectivity index (χ4n) is 6.75. The van der Waals surface area contributed by atoms with Crippen LogP contribution in [0, 0.1) is 21.3 Å². The van der Waals surface area contributed by atoms with E-state index < -0.39 is 23.7 Å². The molecule has 6 nitrogen and oxygen atoms in total. The number of allylic oxidation sites excluding steroid dienone is 7. The summed E-state index contributed by atoms with van der Waals surface area (Å²) in [6.45, 7) is 5.40. The van der Waals surface area contributed by atoms with E-state index in [1.54, 1.807) is 37.3 Å². The number of aromatic hydroxyl groups is 1. The number of rotatable bonds is 4. The second kappa shape index (κ2) is 9.55. The number of carbonyl (C=O) groups excluding carboxylic acids is 4. The molecule has 2 amide bonds. The van der Waals surface area contributed by atoms with Crippen LogP contribution in [-0.2, 0) is 25.6 Å². The third kappa shape index (κ3) is 3.89. The lowest BCUT2D eigenvalue weighted by molar-refractivity contribution is -0.123. The Kier molecular flexibility index (Phi) is 6.29. The molecular formula is C32H26INO5. The Balaban J connectivity index is 1.50. The summed E-state index contributed by atoms with van der Waals surface area (Å²) in [4.78, 5) is 55.7. The van der Waals surface area contributed by atoms with E-state index in [1.807, 2.05) is 24.3 Å². The zero-order valence-corrected chi connectivity index (χ0v) is 23.5. The Morgan fingerprint density at radius 3 is 2.51 bits per heavy atom. The maximum Gasteiger partial charge on any atom is 0.238 e. The van der Waals surface area contributed by atoms with E-state index in [1.165, 1.54) is 11.0 Å². The molecule has 39 heavy (non-hydrogen) atoms. The van der Waals surface area contributed by atoms with E-state index in [-0.39, 0.29) is 35.6 Å². The summed E-state index contributed by atoms with van der Waals surface area (Å²) >= 11 is 2.18. The number of benzene rings is 2. The van der Waals surface area contributed by atoms with Crippen molar-refractivity contribution in [2.24, 2.45) is 17.8 Å². The lowest BCUT2D eigenvalue weighted by Crippen LogP contribution is -2.39. The number of anilines is 1. The molecule has 0 unspecified atom stereocenters. The van der Waals surface area contributed by atoms with E-state index in [2.05, 4.69) is 29.2 Å². The Bertz CT molecular complexity index is 1580. The van der Waals surface area contributed by atoms with Crippen LogP contribution in [0.4, 0.5) is 5.69 Å². The van der Waals surface area contributed by atoms with Gasteiger partial charge in [-0.25, -0.2) is 0 Å². The van der Waals surface area contributed by atoms with Gasteiger partial charge in [-0.05, 0) is 90.6 Å². The number of hydrogen-bond donors (Lipinski definition) is 1. The predicted octanol–water partition coefficient (Wildman–Crippen LogP) is 5.36. The molecule has 0 aromatic heterocycles. The van der Waals surface area contributed by atoms with Crippen molar-refractivity contribution >= 4 is 51.7 Å². The van der Waals surface area contributed by atoms with Crippen molar-refractivity contribution < 1.29 is 24.3 Å². The average molecular weight is 631 g/mol. The molecule has 0 bridgehead atoms. The summed E-state index contributed by atoms with van der Waals surface area (Å²) in [6.07, 6.45) is 6.03. The molecule has 1 aliphatic heterocycles. The van der Waals surface area contributed by atoms with E-state index in [9.17, 15) is 24.3 Å². The standard InChI is InChI=1S/C32H26INO5/c1-3-5-17-6-4-7-21(30(17)37)26-20-12-13-22-27(23(20)15-24-28(26)25(35)14-16(2)29(24)36)32(39)34(31(22)38)19-10-8-18(33)9-11-19/h3-4,6-12,14,22-23,26-27,37H,1,5,13,15H2,2H3/t22-,23+,26+,27-/m0/s1. The minimum absolute atomic E-state index is 0.0544. The first kappa shape index (κ1) is 25.7. The molecule has 4 aliphatic rings. The van der Waals surface area contributed by atoms with Gasteiger partial charge in [-0.3, -0.25) is 24.1 Å². The number of fused-ring (bicyclic) bond motifs is 3. The molecule has 4 atom stereocenters. The molecule has 0 radical (unpaired) electrons. The van der Waals surface area contributed by atoms with E-state index >= 15 is 0 Å². The Hall–Kier alpha value is -3.59. The van der Waals surface area contributed by atoms with Crippen molar-refractivity contribution in [3.05, 3.63) is 104 Å². The van der Waals surface area contributed by atoms with Gasteiger partial charge >= 0.3 is 0 Å². The highest BCUT2D eigenvalue weighted by Crippen LogP contribution is 2.56. The number of phenolic OH excluding ortho intramolecular Hbond substituents is 1. The molecule has 7 heteroatoms. The zero-order chi connectivity index (χ0) is 27.6. The van der Waals surface area contributed by atoms with Gasteiger partial charge in [0.05, 0.1) is 17.5 Å². The molecular weight excluding hydrogens is 605 g/mol. The van der Waals surface area contributed by atoms with Gasteiger partial charge in [0.1, 0.15) is 5.75 Å². The molecule has 2 aromatic rings. The highest BCUT2D eigenvalue weighted by atomic mass is 127. The number of carbonyl (C=O) groups is 4. The Morgan fingerprint density at radius 2 is 1.79 bits per heavy atom. The van der Waals surface area contributed by atoms with Crippen LogP contribution in [-0.4, -0.2) is 28.5 Å². The number of amides is 2. The van der Waals surface area contributed by atoms with Crippen LogP contribution >= 0.6 is 22.6 Å². The topological polar surface area (TPSA) is 91.8 Å². The Labute approximate surface area is 239 Å². The normalized spacial score (nSPS) is 26.2. The highest BCUT2D eigenvalue weighted by molar-refractivity contribution is 14.1. The van der Waals surface area contributed by atoms with Crippen molar-refractivity contribution in [3.8, 4) is 5.75 Å². The van der Waals surface area contributed by atoms with Crippen LogP contribution in [0.3, 0.4) is 0 Å². The van der Waals surface area contributed by atoms with Gasteiger partial charge in [-0.15, -0.1) is 6.58 Å². The highest BCUT2D eigenvalue weighted by Gasteiger charge is 2.56. The fourth-order valence-corrected chi connectivity index (χ4v) is 7.11. The van der Waals surface area contributed by atoms with Gasteiger partial charge in [-0.2, -0.15) is 0 Å². The van der Waals surface area contributed by atoms with Crippen molar-refractivity contribution in [2.75, 3.05) is 4.90 Å². The number of hydrogen-bond acceptors (Lipinski definition) is 5. The van der Waals surface area contributed by atoms with Gasteiger partial charge in [0.15, 0.2) is 11.6 Å². The average Bonchev–Trinajstić information content (AvgIpc) is 3.18. The van der Waals surface area contributed by atoms with Crippen LogP contribution in [0.5, 0.6) is 5.75 Å². The molecule has 0 saturated carbocycles. The van der Waals surface area contributed by atoms with Crippen LogP contribution in [0.2, 0.25) is 0 Å². The maximum absolute atomic E-state index is 13.9. The van der Waals surface area contributed by atoms with Crippen LogP contribution < -0.4 is 4.90 Å². The summed E-state index contributed by atoms with van der Waals surface area (Å²) in [5, 5.41) is 11.3. The first-order valence-corrected chi connectivity index (χ1v) is 14.1. The van der Waals surface area contributed by atoms with Crippen LogP contribution in [0.15, 0.2) is 89.6 Å². The van der Waals surface area contributed by atoms with Crippen LogP contribution in [0.25, 0.3) is 0 Å². The van der Waals surface area contributed by atoms with Gasteiger partial charge < -0.3 is 5.11 Å². The number of phenols is 1. The monoisotopic (exact) mass is 631 g/mol. The quantitative estimate of drug-likeness (QED) is 0.213. The number of nitrogens with zero attached hydrogens (tertiary/aromatic N) is 1. The molecule has 1 saturated heterocycles. The first-order valence-electron chi connectivity index (χ1n) is 13.0.